The zero-order valence-electron chi connectivity index (χ0n) is 20.3. The molecule has 2 aromatic carbocycles. The van der Waals surface area contributed by atoms with Gasteiger partial charge in [-0.25, -0.2) is 4.79 Å². The molecule has 0 aliphatic carbocycles. The number of rotatable bonds is 18. The Balaban J connectivity index is 1.49. The van der Waals surface area contributed by atoms with Gasteiger partial charge < -0.3 is 9.84 Å². The van der Waals surface area contributed by atoms with Crippen LogP contribution in [0.25, 0.3) is 0 Å². The molecule has 0 unspecified atom stereocenters. The van der Waals surface area contributed by atoms with Crippen molar-refractivity contribution in [1.29, 1.82) is 0 Å². The number of hydrogen-bond acceptors (Lipinski definition) is 3. The van der Waals surface area contributed by atoms with Gasteiger partial charge in [0, 0.05) is 6.21 Å². The number of benzene rings is 2. The number of aliphatic imine (C=N–C) groups is 1. The number of carboxylic acid groups (broad SMARTS) is 1. The van der Waals surface area contributed by atoms with E-state index >= 15 is 0 Å². The molecule has 4 heteroatoms. The first kappa shape index (κ1) is 26.6. The first-order valence-electron chi connectivity index (χ1n) is 12.8. The average molecular weight is 452 g/mol. The van der Waals surface area contributed by atoms with E-state index in [-0.39, 0.29) is 5.56 Å². The lowest BCUT2D eigenvalue weighted by Crippen LogP contribution is -1.97. The summed E-state index contributed by atoms with van der Waals surface area (Å²) < 4.78 is 5.86. The Morgan fingerprint density at radius 2 is 1.27 bits per heavy atom. The van der Waals surface area contributed by atoms with E-state index < -0.39 is 5.97 Å². The van der Waals surface area contributed by atoms with Gasteiger partial charge in [0.1, 0.15) is 5.75 Å². The van der Waals surface area contributed by atoms with Crippen molar-refractivity contribution < 1.29 is 14.6 Å². The smallest absolute Gasteiger partial charge is 0.335 e. The van der Waals surface area contributed by atoms with Crippen LogP contribution in [-0.4, -0.2) is 23.9 Å². The molecule has 0 bridgehead atoms. The molecular formula is C29H41NO3. The zero-order valence-corrected chi connectivity index (χ0v) is 20.3. The summed E-state index contributed by atoms with van der Waals surface area (Å²) in [7, 11) is 0. The predicted octanol–water partition coefficient (Wildman–Crippen LogP) is 8.61. The normalized spacial score (nSPS) is 11.2. The summed E-state index contributed by atoms with van der Waals surface area (Å²) in [4.78, 5) is 15.3. The van der Waals surface area contributed by atoms with Gasteiger partial charge in [0.05, 0.1) is 17.9 Å². The molecule has 2 aromatic rings. The first-order chi connectivity index (χ1) is 16.2. The van der Waals surface area contributed by atoms with Crippen LogP contribution < -0.4 is 4.74 Å². The molecule has 0 fully saturated rings. The molecule has 0 aliphatic rings. The Morgan fingerprint density at radius 1 is 0.758 bits per heavy atom. The lowest BCUT2D eigenvalue weighted by molar-refractivity contribution is 0.0697. The highest BCUT2D eigenvalue weighted by Crippen LogP contribution is 2.16. The maximum Gasteiger partial charge on any atom is 0.335 e. The van der Waals surface area contributed by atoms with Crippen molar-refractivity contribution in [3.05, 3.63) is 59.7 Å². The maximum atomic E-state index is 10.9. The van der Waals surface area contributed by atoms with Gasteiger partial charge in [0.15, 0.2) is 0 Å². The quantitative estimate of drug-likeness (QED) is 0.182. The van der Waals surface area contributed by atoms with Gasteiger partial charge >= 0.3 is 5.97 Å². The van der Waals surface area contributed by atoms with Crippen LogP contribution >= 0.6 is 0 Å². The van der Waals surface area contributed by atoms with E-state index in [1.807, 2.05) is 24.3 Å². The van der Waals surface area contributed by atoms with Crippen molar-refractivity contribution in [2.24, 2.45) is 4.99 Å². The Morgan fingerprint density at radius 3 is 1.79 bits per heavy atom. The van der Waals surface area contributed by atoms with Gasteiger partial charge in [-0.15, -0.1) is 0 Å². The summed E-state index contributed by atoms with van der Waals surface area (Å²) in [6.45, 7) is 3.04. The molecule has 0 atom stereocenters. The van der Waals surface area contributed by atoms with E-state index in [4.69, 9.17) is 9.84 Å². The second-order valence-corrected chi connectivity index (χ2v) is 8.77. The number of hydrogen-bond donors (Lipinski definition) is 1. The number of ether oxygens (including phenoxy) is 1. The lowest BCUT2D eigenvalue weighted by atomic mass is 10.0. The molecule has 1 N–H and O–H groups in total. The Kier molecular flexibility index (Phi) is 13.7. The van der Waals surface area contributed by atoms with E-state index in [9.17, 15) is 4.79 Å². The van der Waals surface area contributed by atoms with Gasteiger partial charge in [-0.2, -0.15) is 0 Å². The molecule has 0 aromatic heterocycles. The molecule has 0 saturated carbocycles. The molecule has 0 spiro atoms. The van der Waals surface area contributed by atoms with Crippen LogP contribution in [0.4, 0.5) is 5.69 Å². The van der Waals surface area contributed by atoms with Crippen LogP contribution in [0.15, 0.2) is 53.5 Å². The van der Waals surface area contributed by atoms with Crippen molar-refractivity contribution in [2.45, 2.75) is 90.4 Å². The molecule has 4 nitrogen and oxygen atoms in total. The van der Waals surface area contributed by atoms with Crippen molar-refractivity contribution >= 4 is 17.9 Å². The second kappa shape index (κ2) is 16.9. The summed E-state index contributed by atoms with van der Waals surface area (Å²) in [6.07, 6.45) is 19.4. The fourth-order valence-electron chi connectivity index (χ4n) is 3.80. The highest BCUT2D eigenvalue weighted by molar-refractivity contribution is 5.88. The minimum Gasteiger partial charge on any atom is -0.494 e. The third kappa shape index (κ3) is 12.3. The number of nitrogens with zero attached hydrogens (tertiary/aromatic N) is 1. The highest BCUT2D eigenvalue weighted by Gasteiger charge is 2.01. The third-order valence-corrected chi connectivity index (χ3v) is 5.87. The fraction of sp³-hybridized carbons (Fsp3) is 0.517. The number of aromatic carboxylic acids is 1. The van der Waals surface area contributed by atoms with E-state index in [1.165, 1.54) is 77.0 Å². The minimum atomic E-state index is -0.931. The third-order valence-electron chi connectivity index (χ3n) is 5.87. The molecular weight excluding hydrogens is 410 g/mol. The number of carboxylic acids is 1. The van der Waals surface area contributed by atoms with Crippen molar-refractivity contribution in [3.63, 3.8) is 0 Å². The highest BCUT2D eigenvalue weighted by atomic mass is 16.5. The number of unbranched alkanes of at least 4 members (excludes halogenated alkanes) is 12. The van der Waals surface area contributed by atoms with E-state index in [1.54, 1.807) is 30.5 Å². The van der Waals surface area contributed by atoms with Gasteiger partial charge in [-0.3, -0.25) is 4.99 Å². The van der Waals surface area contributed by atoms with Crippen LogP contribution in [0.3, 0.4) is 0 Å². The van der Waals surface area contributed by atoms with Crippen molar-refractivity contribution in [3.8, 4) is 5.75 Å². The van der Waals surface area contributed by atoms with Crippen LogP contribution in [-0.2, 0) is 0 Å². The zero-order chi connectivity index (χ0) is 23.6. The first-order valence-corrected chi connectivity index (χ1v) is 12.8. The summed E-state index contributed by atoms with van der Waals surface area (Å²) in [6, 6.07) is 14.4. The van der Waals surface area contributed by atoms with Crippen molar-refractivity contribution in [1.82, 2.24) is 0 Å². The summed E-state index contributed by atoms with van der Waals surface area (Å²) in [5, 5.41) is 8.94. The van der Waals surface area contributed by atoms with Crippen LogP contribution in [0.1, 0.15) is 106 Å². The molecule has 0 radical (unpaired) electrons. The van der Waals surface area contributed by atoms with E-state index in [0.29, 0.717) is 0 Å². The van der Waals surface area contributed by atoms with Crippen LogP contribution in [0.2, 0.25) is 0 Å². The van der Waals surface area contributed by atoms with Gasteiger partial charge in [-0.1, -0.05) is 84.0 Å². The average Bonchev–Trinajstić information content (AvgIpc) is 2.84. The minimum absolute atomic E-state index is 0.263. The Bertz CT molecular complexity index is 797. The summed E-state index contributed by atoms with van der Waals surface area (Å²) in [5.41, 5.74) is 1.97. The van der Waals surface area contributed by atoms with Crippen LogP contribution in [0, 0.1) is 0 Å². The molecule has 180 valence electrons. The Hall–Kier alpha value is -2.62. The molecule has 0 amide bonds. The molecule has 2 rings (SSSR count). The van der Waals surface area contributed by atoms with Crippen molar-refractivity contribution in [2.75, 3.05) is 6.61 Å². The predicted molar refractivity (Wildman–Crippen MR) is 138 cm³/mol. The Labute approximate surface area is 200 Å². The monoisotopic (exact) mass is 451 g/mol. The summed E-state index contributed by atoms with van der Waals surface area (Å²) >= 11 is 0. The molecule has 0 aliphatic heterocycles. The largest absolute Gasteiger partial charge is 0.494 e. The maximum absolute atomic E-state index is 10.9. The second-order valence-electron chi connectivity index (χ2n) is 8.77. The number of carbonyl (C=O) groups is 1. The standard InChI is InChI=1S/C29H41NO3/c1-2-3-4-5-6-7-8-9-10-11-12-13-14-23-33-28-21-15-25(16-22-28)24-30-27-19-17-26(18-20-27)29(31)32/h15-22,24H,2-14,23H2,1H3,(H,31,32). The molecule has 0 saturated heterocycles. The van der Waals surface area contributed by atoms with E-state index in [2.05, 4.69) is 11.9 Å². The molecule has 0 heterocycles. The summed E-state index contributed by atoms with van der Waals surface area (Å²) in [5.74, 6) is -0.0446. The fourth-order valence-corrected chi connectivity index (χ4v) is 3.80. The van der Waals surface area contributed by atoms with Gasteiger partial charge in [-0.05, 0) is 60.5 Å². The molecule has 33 heavy (non-hydrogen) atoms. The van der Waals surface area contributed by atoms with Gasteiger partial charge in [0.25, 0.3) is 0 Å². The lowest BCUT2D eigenvalue weighted by Gasteiger charge is -2.06. The van der Waals surface area contributed by atoms with Crippen LogP contribution in [0.5, 0.6) is 5.75 Å². The topological polar surface area (TPSA) is 58.9 Å². The van der Waals surface area contributed by atoms with E-state index in [0.717, 1.165) is 30.0 Å². The SMILES string of the molecule is CCCCCCCCCCCCCCCOc1ccc(C=Nc2ccc(C(=O)O)cc2)cc1. The van der Waals surface area contributed by atoms with Gasteiger partial charge in [0.2, 0.25) is 0 Å².